The molecule has 2 rings (SSSR count). The van der Waals surface area contributed by atoms with Crippen LogP contribution in [0.1, 0.15) is 0 Å². The van der Waals surface area contributed by atoms with Crippen molar-refractivity contribution in [1.29, 1.82) is 0 Å². The molecular weight excluding hydrogens is 278 g/mol. The zero-order valence-electron chi connectivity index (χ0n) is 7.88. The molecule has 2 aromatic rings. The lowest BCUT2D eigenvalue weighted by Crippen LogP contribution is -1.99. The van der Waals surface area contributed by atoms with Gasteiger partial charge in [0.05, 0.1) is 4.47 Å². The monoisotopic (exact) mass is 285 g/mol. The van der Waals surface area contributed by atoms with Crippen molar-refractivity contribution in [2.45, 2.75) is 5.03 Å². The third-order valence-electron chi connectivity index (χ3n) is 1.77. The number of nitrogens with zero attached hydrogens (tertiary/aromatic N) is 4. The summed E-state index contributed by atoms with van der Waals surface area (Å²) >= 11 is 4.85. The molecule has 2 aromatic heterocycles. The van der Waals surface area contributed by atoms with Crippen molar-refractivity contribution in [3.8, 4) is 5.82 Å². The van der Waals surface area contributed by atoms with E-state index in [-0.39, 0.29) is 0 Å². The van der Waals surface area contributed by atoms with Crippen molar-refractivity contribution >= 4 is 33.5 Å². The van der Waals surface area contributed by atoms with E-state index in [0.717, 1.165) is 9.50 Å². The van der Waals surface area contributed by atoms with Crippen LogP contribution < -0.4 is 5.73 Å². The molecule has 0 atom stereocenters. The van der Waals surface area contributed by atoms with Gasteiger partial charge in [0, 0.05) is 12.3 Å². The highest BCUT2D eigenvalue weighted by Crippen LogP contribution is 2.19. The van der Waals surface area contributed by atoms with Gasteiger partial charge in [-0.05, 0) is 22.2 Å². The van der Waals surface area contributed by atoms with Gasteiger partial charge in [-0.25, -0.2) is 14.6 Å². The second-order valence-corrected chi connectivity index (χ2v) is 4.41. The predicted octanol–water partition coefficient (Wildman–Crippen LogP) is 1.73. The van der Waals surface area contributed by atoms with Crippen LogP contribution in [0, 0.1) is 0 Å². The molecule has 0 radical (unpaired) electrons. The van der Waals surface area contributed by atoms with Crippen molar-refractivity contribution in [3.63, 3.8) is 0 Å². The molecule has 0 aromatic carbocycles. The van der Waals surface area contributed by atoms with Crippen LogP contribution in [0.5, 0.6) is 0 Å². The summed E-state index contributed by atoms with van der Waals surface area (Å²) in [5.41, 5.74) is 5.62. The van der Waals surface area contributed by atoms with E-state index in [1.807, 2.05) is 12.3 Å². The minimum absolute atomic E-state index is 0.444. The molecule has 2 heterocycles. The van der Waals surface area contributed by atoms with Crippen LogP contribution in [0.25, 0.3) is 5.82 Å². The van der Waals surface area contributed by atoms with Gasteiger partial charge in [-0.1, -0.05) is 0 Å². The summed E-state index contributed by atoms with van der Waals surface area (Å²) in [6.45, 7) is 0. The summed E-state index contributed by atoms with van der Waals surface area (Å²) in [6, 6.07) is 1.85. The first-order valence-corrected chi connectivity index (χ1v) is 6.09. The fraction of sp³-hybridized carbons (Fsp3) is 0.125. The Hall–Kier alpha value is -1.08. The Morgan fingerprint density at radius 2 is 2.27 bits per heavy atom. The standard InChI is InChI=1S/C8H8BrN5S/c1-15-7-2-6(11-4-12-7)14-3-5(9)8(10)13-14/h2-4H,1H3,(H2,10,13). The van der Waals surface area contributed by atoms with Crippen molar-refractivity contribution in [3.05, 3.63) is 23.1 Å². The van der Waals surface area contributed by atoms with E-state index in [1.165, 1.54) is 6.33 Å². The number of nitrogen functional groups attached to an aromatic ring is 1. The molecule has 7 heteroatoms. The minimum atomic E-state index is 0.444. The van der Waals surface area contributed by atoms with Crippen LogP contribution in [0.4, 0.5) is 5.82 Å². The number of aromatic nitrogens is 4. The van der Waals surface area contributed by atoms with Gasteiger partial charge in [-0.2, -0.15) is 0 Å². The normalized spacial score (nSPS) is 10.5. The molecule has 5 nitrogen and oxygen atoms in total. The summed E-state index contributed by atoms with van der Waals surface area (Å²) < 4.78 is 2.37. The summed E-state index contributed by atoms with van der Waals surface area (Å²) in [6.07, 6.45) is 5.23. The van der Waals surface area contributed by atoms with E-state index in [9.17, 15) is 0 Å². The first-order chi connectivity index (χ1) is 7.20. The smallest absolute Gasteiger partial charge is 0.160 e. The first kappa shape index (κ1) is 10.4. The Morgan fingerprint density at radius 3 is 2.87 bits per heavy atom. The van der Waals surface area contributed by atoms with Crippen LogP contribution in [0.3, 0.4) is 0 Å². The predicted molar refractivity (Wildman–Crippen MR) is 63.0 cm³/mol. The number of nitrogens with two attached hydrogens (primary N) is 1. The molecule has 0 spiro atoms. The fourth-order valence-corrected chi connectivity index (χ4v) is 1.70. The Kier molecular flexibility index (Phi) is 2.92. The molecule has 2 N–H and O–H groups in total. The van der Waals surface area contributed by atoms with Crippen LogP contribution in [-0.4, -0.2) is 26.0 Å². The third-order valence-corrected chi connectivity index (χ3v) is 3.02. The highest BCUT2D eigenvalue weighted by molar-refractivity contribution is 9.10. The molecule has 0 bridgehead atoms. The first-order valence-electron chi connectivity index (χ1n) is 4.08. The van der Waals surface area contributed by atoms with E-state index < -0.39 is 0 Å². The van der Waals surface area contributed by atoms with E-state index >= 15 is 0 Å². The lowest BCUT2D eigenvalue weighted by molar-refractivity contribution is 0.830. The maximum absolute atomic E-state index is 5.62. The summed E-state index contributed by atoms with van der Waals surface area (Å²) in [5.74, 6) is 1.14. The lowest BCUT2D eigenvalue weighted by Gasteiger charge is -2.00. The minimum Gasteiger partial charge on any atom is -0.381 e. The Balaban J connectivity index is 2.44. The summed E-state index contributed by atoms with van der Waals surface area (Å²) in [5, 5.41) is 5.00. The van der Waals surface area contributed by atoms with Crippen molar-refractivity contribution < 1.29 is 0 Å². The van der Waals surface area contributed by atoms with Crippen LogP contribution in [-0.2, 0) is 0 Å². The number of anilines is 1. The SMILES string of the molecule is CSc1cc(-n2cc(Br)c(N)n2)ncn1. The second kappa shape index (κ2) is 4.19. The van der Waals surface area contributed by atoms with Gasteiger partial charge < -0.3 is 5.73 Å². The number of thioether (sulfide) groups is 1. The number of halogens is 1. The van der Waals surface area contributed by atoms with Crippen LogP contribution in [0.15, 0.2) is 28.1 Å². The Bertz CT molecular complexity index is 464. The number of hydrogen-bond donors (Lipinski definition) is 1. The molecule has 15 heavy (non-hydrogen) atoms. The zero-order chi connectivity index (χ0) is 10.8. The van der Waals surface area contributed by atoms with Crippen molar-refractivity contribution in [2.75, 3.05) is 12.0 Å². The summed E-state index contributed by atoms with van der Waals surface area (Å²) in [4.78, 5) is 8.19. The summed E-state index contributed by atoms with van der Waals surface area (Å²) in [7, 11) is 0. The molecule has 0 saturated carbocycles. The van der Waals surface area contributed by atoms with Gasteiger partial charge in [0.1, 0.15) is 11.4 Å². The number of rotatable bonds is 2. The molecule has 0 unspecified atom stereocenters. The number of hydrogen-bond acceptors (Lipinski definition) is 5. The van der Waals surface area contributed by atoms with Crippen LogP contribution in [0.2, 0.25) is 0 Å². The average molecular weight is 286 g/mol. The van der Waals surface area contributed by atoms with Gasteiger partial charge in [-0.15, -0.1) is 16.9 Å². The third kappa shape index (κ3) is 2.13. The maximum atomic E-state index is 5.62. The van der Waals surface area contributed by atoms with E-state index in [1.54, 1.807) is 22.6 Å². The fourth-order valence-electron chi connectivity index (χ4n) is 1.05. The zero-order valence-corrected chi connectivity index (χ0v) is 10.3. The van der Waals surface area contributed by atoms with E-state index in [4.69, 9.17) is 5.73 Å². The molecule has 0 fully saturated rings. The van der Waals surface area contributed by atoms with Gasteiger partial charge in [-0.3, -0.25) is 0 Å². The van der Waals surface area contributed by atoms with Gasteiger partial charge in [0.2, 0.25) is 0 Å². The highest BCUT2D eigenvalue weighted by Gasteiger charge is 2.05. The Morgan fingerprint density at radius 1 is 1.47 bits per heavy atom. The average Bonchev–Trinajstić information content (AvgIpc) is 2.59. The maximum Gasteiger partial charge on any atom is 0.160 e. The van der Waals surface area contributed by atoms with E-state index in [2.05, 4.69) is 31.0 Å². The molecule has 0 aliphatic heterocycles. The van der Waals surface area contributed by atoms with E-state index in [0.29, 0.717) is 11.6 Å². The van der Waals surface area contributed by atoms with Gasteiger partial charge in [0.25, 0.3) is 0 Å². The molecule has 0 amide bonds. The Labute approximate surface area is 99.2 Å². The van der Waals surface area contributed by atoms with Gasteiger partial charge >= 0.3 is 0 Å². The van der Waals surface area contributed by atoms with Crippen molar-refractivity contribution in [1.82, 2.24) is 19.7 Å². The van der Waals surface area contributed by atoms with Gasteiger partial charge in [0.15, 0.2) is 11.6 Å². The molecular formula is C8H8BrN5S. The second-order valence-electron chi connectivity index (χ2n) is 2.73. The molecule has 0 saturated heterocycles. The highest BCUT2D eigenvalue weighted by atomic mass is 79.9. The van der Waals surface area contributed by atoms with Crippen LogP contribution >= 0.6 is 27.7 Å². The molecule has 0 aliphatic rings. The molecule has 0 aliphatic carbocycles. The lowest BCUT2D eigenvalue weighted by atomic mass is 10.6. The molecule has 78 valence electrons. The topological polar surface area (TPSA) is 69.6 Å². The quantitative estimate of drug-likeness (QED) is 0.672. The largest absolute Gasteiger partial charge is 0.381 e. The van der Waals surface area contributed by atoms with Crippen molar-refractivity contribution in [2.24, 2.45) is 0 Å².